The molecule has 0 radical (unpaired) electrons. The van der Waals surface area contributed by atoms with Gasteiger partial charge in [0.2, 0.25) is 0 Å². The number of pyridine rings is 1. The van der Waals surface area contributed by atoms with E-state index in [0.29, 0.717) is 18.1 Å². The molecule has 2 N–H and O–H groups in total. The summed E-state index contributed by atoms with van der Waals surface area (Å²) in [6.45, 7) is 3.33. The second-order valence-electron chi connectivity index (χ2n) is 4.79. The highest BCUT2D eigenvalue weighted by Gasteiger charge is 2.07. The molecule has 0 atom stereocenters. The molecule has 0 bridgehead atoms. The lowest BCUT2D eigenvalue weighted by atomic mass is 10.1. The van der Waals surface area contributed by atoms with Gasteiger partial charge in [-0.1, -0.05) is 18.2 Å². The van der Waals surface area contributed by atoms with Crippen molar-refractivity contribution in [3.8, 4) is 5.75 Å². The molecule has 116 valence electrons. The van der Waals surface area contributed by atoms with Gasteiger partial charge in [-0.25, -0.2) is 4.98 Å². The average molecular weight is 299 g/mol. The second-order valence-corrected chi connectivity index (χ2v) is 4.79. The Morgan fingerprint density at radius 2 is 1.95 bits per heavy atom. The number of methoxy groups -OCH3 is 1. The fourth-order valence-corrected chi connectivity index (χ4v) is 2.04. The quantitative estimate of drug-likeness (QED) is 0.824. The highest BCUT2D eigenvalue weighted by molar-refractivity contribution is 5.92. The number of anilines is 1. The van der Waals surface area contributed by atoms with E-state index in [9.17, 15) is 4.79 Å². The van der Waals surface area contributed by atoms with E-state index in [0.717, 1.165) is 24.3 Å². The first kappa shape index (κ1) is 15.8. The molecular weight excluding hydrogens is 278 g/mol. The Labute approximate surface area is 130 Å². The third-order valence-electron chi connectivity index (χ3n) is 3.20. The summed E-state index contributed by atoms with van der Waals surface area (Å²) in [6, 6.07) is 13.2. The molecule has 1 heterocycles. The zero-order chi connectivity index (χ0) is 15.8. The summed E-state index contributed by atoms with van der Waals surface area (Å²) in [5, 5.41) is 5.98. The number of nitrogens with one attached hydrogen (secondary N) is 2. The fraction of sp³-hybridized carbons (Fsp3) is 0.294. The molecule has 0 aliphatic rings. The Balaban J connectivity index is 1.85. The third-order valence-corrected chi connectivity index (χ3v) is 3.20. The Kier molecular flexibility index (Phi) is 5.77. The van der Waals surface area contributed by atoms with E-state index in [4.69, 9.17) is 4.74 Å². The van der Waals surface area contributed by atoms with Gasteiger partial charge in [-0.3, -0.25) is 4.79 Å². The van der Waals surface area contributed by atoms with Crippen LogP contribution in [0.1, 0.15) is 23.0 Å². The number of carbonyl (C=O) groups excluding carboxylic acids is 1. The fourth-order valence-electron chi connectivity index (χ4n) is 2.04. The first-order chi connectivity index (χ1) is 10.7. The van der Waals surface area contributed by atoms with Gasteiger partial charge in [0.25, 0.3) is 5.91 Å². The summed E-state index contributed by atoms with van der Waals surface area (Å²) in [5.74, 6) is 1.38. The van der Waals surface area contributed by atoms with Crippen LogP contribution in [0.3, 0.4) is 0 Å². The van der Waals surface area contributed by atoms with Crippen LogP contribution in [0.5, 0.6) is 5.75 Å². The first-order valence-electron chi connectivity index (χ1n) is 7.35. The lowest BCUT2D eigenvalue weighted by Crippen LogP contribution is -2.26. The minimum atomic E-state index is -0.159. The van der Waals surface area contributed by atoms with Gasteiger partial charge in [0.05, 0.1) is 7.11 Å². The van der Waals surface area contributed by atoms with Crippen LogP contribution in [0.2, 0.25) is 0 Å². The largest absolute Gasteiger partial charge is 0.497 e. The Hall–Kier alpha value is -2.56. The van der Waals surface area contributed by atoms with Crippen molar-refractivity contribution in [2.75, 3.05) is 25.5 Å². The first-order valence-corrected chi connectivity index (χ1v) is 7.35. The molecule has 0 fully saturated rings. The number of hydrogen-bond donors (Lipinski definition) is 2. The van der Waals surface area contributed by atoms with Gasteiger partial charge in [0, 0.05) is 13.1 Å². The molecule has 0 unspecified atom stereocenters. The van der Waals surface area contributed by atoms with Crippen LogP contribution in [0.15, 0.2) is 42.5 Å². The zero-order valence-corrected chi connectivity index (χ0v) is 12.9. The molecule has 0 saturated carbocycles. The minimum absolute atomic E-state index is 0.159. The molecule has 2 rings (SSSR count). The SMILES string of the molecule is CCNc1cccc(C(=O)NCCc2ccc(OC)cc2)n1. The molecule has 5 heteroatoms. The predicted octanol–water partition coefficient (Wildman–Crippen LogP) is 2.49. The van der Waals surface area contributed by atoms with E-state index in [1.54, 1.807) is 13.2 Å². The molecule has 0 spiro atoms. The van der Waals surface area contributed by atoms with Crippen LogP contribution >= 0.6 is 0 Å². The number of carbonyl (C=O) groups is 1. The van der Waals surface area contributed by atoms with Crippen LogP contribution in [-0.2, 0) is 6.42 Å². The van der Waals surface area contributed by atoms with Crippen LogP contribution in [0.25, 0.3) is 0 Å². The maximum Gasteiger partial charge on any atom is 0.269 e. The van der Waals surface area contributed by atoms with Crippen LogP contribution in [0.4, 0.5) is 5.82 Å². The van der Waals surface area contributed by atoms with Crippen molar-refractivity contribution in [1.82, 2.24) is 10.3 Å². The number of aromatic nitrogens is 1. The zero-order valence-electron chi connectivity index (χ0n) is 12.9. The number of rotatable bonds is 7. The molecule has 2 aromatic rings. The summed E-state index contributed by atoms with van der Waals surface area (Å²) in [5.41, 5.74) is 1.57. The Bertz CT molecular complexity index is 612. The highest BCUT2D eigenvalue weighted by Crippen LogP contribution is 2.11. The summed E-state index contributed by atoms with van der Waals surface area (Å²) in [4.78, 5) is 16.3. The Morgan fingerprint density at radius 3 is 2.64 bits per heavy atom. The molecule has 0 saturated heterocycles. The van der Waals surface area contributed by atoms with Gasteiger partial charge >= 0.3 is 0 Å². The van der Waals surface area contributed by atoms with Crippen LogP contribution < -0.4 is 15.4 Å². The van der Waals surface area contributed by atoms with Crippen molar-refractivity contribution in [3.63, 3.8) is 0 Å². The smallest absolute Gasteiger partial charge is 0.269 e. The average Bonchev–Trinajstić information content (AvgIpc) is 2.56. The van der Waals surface area contributed by atoms with Gasteiger partial charge in [0.1, 0.15) is 17.3 Å². The summed E-state index contributed by atoms with van der Waals surface area (Å²) >= 11 is 0. The Morgan fingerprint density at radius 1 is 1.18 bits per heavy atom. The van der Waals surface area contributed by atoms with E-state index in [2.05, 4.69) is 15.6 Å². The molecule has 1 aromatic carbocycles. The summed E-state index contributed by atoms with van der Waals surface area (Å²) < 4.78 is 5.12. The maximum absolute atomic E-state index is 12.1. The van der Waals surface area contributed by atoms with Crippen molar-refractivity contribution < 1.29 is 9.53 Å². The maximum atomic E-state index is 12.1. The number of benzene rings is 1. The number of ether oxygens (including phenoxy) is 1. The van der Waals surface area contributed by atoms with E-state index >= 15 is 0 Å². The number of hydrogen-bond acceptors (Lipinski definition) is 4. The monoisotopic (exact) mass is 299 g/mol. The molecule has 5 nitrogen and oxygen atoms in total. The summed E-state index contributed by atoms with van der Waals surface area (Å²) in [6.07, 6.45) is 0.767. The van der Waals surface area contributed by atoms with E-state index in [-0.39, 0.29) is 5.91 Å². The topological polar surface area (TPSA) is 63.2 Å². The lowest BCUT2D eigenvalue weighted by Gasteiger charge is -2.07. The van der Waals surface area contributed by atoms with E-state index in [1.165, 1.54) is 0 Å². The molecule has 22 heavy (non-hydrogen) atoms. The molecule has 0 aliphatic carbocycles. The number of nitrogens with zero attached hydrogens (tertiary/aromatic N) is 1. The third kappa shape index (κ3) is 4.48. The molecular formula is C17H21N3O2. The van der Waals surface area contributed by atoms with Crippen LogP contribution in [-0.4, -0.2) is 31.1 Å². The standard InChI is InChI=1S/C17H21N3O2/c1-3-18-16-6-4-5-15(20-16)17(21)19-12-11-13-7-9-14(22-2)10-8-13/h4-10H,3,11-12H2,1-2H3,(H,18,20)(H,19,21). The predicted molar refractivity (Wildman–Crippen MR) is 87.4 cm³/mol. The molecule has 1 amide bonds. The van der Waals surface area contributed by atoms with Crippen molar-refractivity contribution in [1.29, 1.82) is 0 Å². The van der Waals surface area contributed by atoms with Crippen molar-refractivity contribution in [3.05, 3.63) is 53.7 Å². The van der Waals surface area contributed by atoms with Gasteiger partial charge in [-0.2, -0.15) is 0 Å². The molecule has 1 aromatic heterocycles. The summed E-state index contributed by atoms with van der Waals surface area (Å²) in [7, 11) is 1.64. The lowest BCUT2D eigenvalue weighted by molar-refractivity contribution is 0.0949. The van der Waals surface area contributed by atoms with Gasteiger partial charge in [-0.05, 0) is 43.2 Å². The van der Waals surface area contributed by atoms with Crippen LogP contribution in [0, 0.1) is 0 Å². The minimum Gasteiger partial charge on any atom is -0.497 e. The van der Waals surface area contributed by atoms with Crippen molar-refractivity contribution >= 4 is 11.7 Å². The van der Waals surface area contributed by atoms with Crippen molar-refractivity contribution in [2.24, 2.45) is 0 Å². The van der Waals surface area contributed by atoms with Gasteiger partial charge < -0.3 is 15.4 Å². The molecule has 0 aliphatic heterocycles. The van der Waals surface area contributed by atoms with Gasteiger partial charge in [0.15, 0.2) is 0 Å². The second kappa shape index (κ2) is 8.02. The number of amides is 1. The van der Waals surface area contributed by atoms with Gasteiger partial charge in [-0.15, -0.1) is 0 Å². The van der Waals surface area contributed by atoms with E-state index in [1.807, 2.05) is 43.3 Å². The van der Waals surface area contributed by atoms with Crippen molar-refractivity contribution in [2.45, 2.75) is 13.3 Å². The van der Waals surface area contributed by atoms with E-state index < -0.39 is 0 Å². The highest BCUT2D eigenvalue weighted by atomic mass is 16.5. The normalized spacial score (nSPS) is 10.1.